The van der Waals surface area contributed by atoms with Gasteiger partial charge in [0.15, 0.2) is 11.0 Å². The third-order valence-corrected chi connectivity index (χ3v) is 4.53. The van der Waals surface area contributed by atoms with Crippen molar-refractivity contribution in [2.75, 3.05) is 0 Å². The first-order valence-electron chi connectivity index (χ1n) is 6.41. The maximum atomic E-state index is 6.17. The molecule has 0 atom stereocenters. The molecule has 0 fully saturated rings. The maximum Gasteiger partial charge on any atom is 0.191 e. The minimum absolute atomic E-state index is 0.766. The van der Waals surface area contributed by atoms with Crippen LogP contribution in [0.3, 0.4) is 0 Å². The number of hydrogen-bond acceptors (Lipinski definition) is 4. The lowest BCUT2D eigenvalue weighted by Crippen LogP contribution is -1.95. The van der Waals surface area contributed by atoms with E-state index in [-0.39, 0.29) is 0 Å². The van der Waals surface area contributed by atoms with E-state index < -0.39 is 0 Å². The van der Waals surface area contributed by atoms with E-state index in [1.165, 1.54) is 0 Å². The topological polar surface area (TPSA) is 43.6 Å². The van der Waals surface area contributed by atoms with E-state index in [9.17, 15) is 0 Å². The van der Waals surface area contributed by atoms with Crippen molar-refractivity contribution < 1.29 is 0 Å². The van der Waals surface area contributed by atoms with Gasteiger partial charge in [-0.25, -0.2) is 0 Å². The molecule has 0 bridgehead atoms. The molecule has 4 nitrogen and oxygen atoms in total. The fourth-order valence-electron chi connectivity index (χ4n) is 1.95. The molecule has 2 aromatic heterocycles. The summed E-state index contributed by atoms with van der Waals surface area (Å²) in [6.45, 7) is 0. The van der Waals surface area contributed by atoms with Gasteiger partial charge in [-0.05, 0) is 23.8 Å². The number of nitrogens with zero attached hydrogens (tertiary/aromatic N) is 4. The van der Waals surface area contributed by atoms with Crippen LogP contribution in [0, 0.1) is 0 Å². The van der Waals surface area contributed by atoms with Crippen LogP contribution in [-0.4, -0.2) is 19.7 Å². The molecular formula is C15H13ClN4S. The Morgan fingerprint density at radius 3 is 2.62 bits per heavy atom. The average Bonchev–Trinajstić information content (AvgIpc) is 2.88. The Labute approximate surface area is 132 Å². The smallest absolute Gasteiger partial charge is 0.191 e. The van der Waals surface area contributed by atoms with Crippen LogP contribution in [0.15, 0.2) is 53.9 Å². The second-order valence-corrected chi connectivity index (χ2v) is 5.83. The molecule has 106 valence electrons. The number of pyridine rings is 1. The van der Waals surface area contributed by atoms with Crippen LogP contribution >= 0.6 is 23.4 Å². The Kier molecular flexibility index (Phi) is 4.22. The molecule has 6 heteroatoms. The first-order valence-corrected chi connectivity index (χ1v) is 7.78. The van der Waals surface area contributed by atoms with Gasteiger partial charge >= 0.3 is 0 Å². The van der Waals surface area contributed by atoms with Gasteiger partial charge in [0, 0.05) is 35.8 Å². The molecule has 2 heterocycles. The fourth-order valence-corrected chi connectivity index (χ4v) is 3.15. The molecule has 0 aliphatic rings. The summed E-state index contributed by atoms with van der Waals surface area (Å²) in [6.07, 6.45) is 3.50. The zero-order valence-corrected chi connectivity index (χ0v) is 13.0. The zero-order chi connectivity index (χ0) is 14.7. The molecule has 0 radical (unpaired) electrons. The van der Waals surface area contributed by atoms with Crippen molar-refractivity contribution in [3.8, 4) is 11.4 Å². The van der Waals surface area contributed by atoms with Gasteiger partial charge in [0.2, 0.25) is 0 Å². The molecule has 0 saturated heterocycles. The molecule has 3 rings (SSSR count). The molecule has 0 saturated carbocycles. The quantitative estimate of drug-likeness (QED) is 0.686. The predicted octanol–water partition coefficient (Wildman–Crippen LogP) is 3.82. The van der Waals surface area contributed by atoms with Gasteiger partial charge in [0.05, 0.1) is 0 Å². The van der Waals surface area contributed by atoms with Gasteiger partial charge in [-0.15, -0.1) is 10.2 Å². The fraction of sp³-hybridized carbons (Fsp3) is 0.133. The highest BCUT2D eigenvalue weighted by Crippen LogP contribution is 2.27. The lowest BCUT2D eigenvalue weighted by Gasteiger charge is -2.05. The van der Waals surface area contributed by atoms with Crippen LogP contribution in [0.4, 0.5) is 0 Å². The third-order valence-electron chi connectivity index (χ3n) is 3.09. The van der Waals surface area contributed by atoms with Gasteiger partial charge in [0.1, 0.15) is 0 Å². The minimum atomic E-state index is 0.766. The highest BCUT2D eigenvalue weighted by atomic mass is 35.5. The largest absolute Gasteiger partial charge is 0.305 e. The van der Waals surface area contributed by atoms with Crippen molar-refractivity contribution in [3.63, 3.8) is 0 Å². The molecule has 0 N–H and O–H groups in total. The number of halogens is 1. The molecule has 0 spiro atoms. The van der Waals surface area contributed by atoms with Crippen molar-refractivity contribution in [3.05, 3.63) is 59.4 Å². The van der Waals surface area contributed by atoms with Crippen LogP contribution in [0.1, 0.15) is 5.56 Å². The Morgan fingerprint density at radius 1 is 1.10 bits per heavy atom. The van der Waals surface area contributed by atoms with Crippen molar-refractivity contribution in [2.24, 2.45) is 7.05 Å². The number of benzene rings is 1. The van der Waals surface area contributed by atoms with E-state index >= 15 is 0 Å². The van der Waals surface area contributed by atoms with Crippen LogP contribution in [0.25, 0.3) is 11.4 Å². The van der Waals surface area contributed by atoms with E-state index in [1.807, 2.05) is 48.0 Å². The summed E-state index contributed by atoms with van der Waals surface area (Å²) in [4.78, 5) is 4.02. The van der Waals surface area contributed by atoms with Crippen molar-refractivity contribution in [1.29, 1.82) is 0 Å². The number of thioether (sulfide) groups is 1. The molecule has 3 aromatic rings. The molecule has 0 amide bonds. The van der Waals surface area contributed by atoms with Crippen LogP contribution < -0.4 is 0 Å². The number of hydrogen-bond donors (Lipinski definition) is 0. The Hall–Kier alpha value is -1.85. The van der Waals surface area contributed by atoms with Crippen molar-refractivity contribution in [1.82, 2.24) is 19.7 Å². The number of rotatable bonds is 4. The van der Waals surface area contributed by atoms with E-state index in [4.69, 9.17) is 11.6 Å². The van der Waals surface area contributed by atoms with Crippen LogP contribution in [-0.2, 0) is 12.8 Å². The summed E-state index contributed by atoms with van der Waals surface area (Å²) in [7, 11) is 1.96. The SMILES string of the molecule is Cn1c(SCc2ccccc2Cl)nnc1-c1ccncc1. The highest BCUT2D eigenvalue weighted by molar-refractivity contribution is 7.98. The minimum Gasteiger partial charge on any atom is -0.305 e. The van der Waals surface area contributed by atoms with Crippen molar-refractivity contribution in [2.45, 2.75) is 10.9 Å². The number of aromatic nitrogens is 4. The molecule has 0 unspecified atom stereocenters. The highest BCUT2D eigenvalue weighted by Gasteiger charge is 2.11. The second-order valence-electron chi connectivity index (χ2n) is 4.48. The molecule has 21 heavy (non-hydrogen) atoms. The molecule has 0 aliphatic heterocycles. The first kappa shape index (κ1) is 14.1. The molecule has 0 aliphatic carbocycles. The van der Waals surface area contributed by atoms with Gasteiger partial charge in [-0.2, -0.15) is 0 Å². The molecule has 1 aromatic carbocycles. The van der Waals surface area contributed by atoms with Gasteiger partial charge in [-0.1, -0.05) is 41.6 Å². The van der Waals surface area contributed by atoms with Crippen LogP contribution in [0.5, 0.6) is 0 Å². The van der Waals surface area contributed by atoms with E-state index in [0.29, 0.717) is 0 Å². The normalized spacial score (nSPS) is 10.8. The van der Waals surface area contributed by atoms with E-state index in [0.717, 1.165) is 32.9 Å². The van der Waals surface area contributed by atoms with E-state index in [1.54, 1.807) is 24.2 Å². The van der Waals surface area contributed by atoms with Gasteiger partial charge in [-0.3, -0.25) is 4.98 Å². The van der Waals surface area contributed by atoms with E-state index in [2.05, 4.69) is 15.2 Å². The van der Waals surface area contributed by atoms with Gasteiger partial charge < -0.3 is 4.57 Å². The second kappa shape index (κ2) is 6.28. The summed E-state index contributed by atoms with van der Waals surface area (Å²) in [5, 5.41) is 10.1. The Bertz CT molecular complexity index is 742. The summed E-state index contributed by atoms with van der Waals surface area (Å²) in [5.74, 6) is 1.60. The Balaban J connectivity index is 1.79. The van der Waals surface area contributed by atoms with Crippen LogP contribution in [0.2, 0.25) is 5.02 Å². The third kappa shape index (κ3) is 3.09. The maximum absolute atomic E-state index is 6.17. The Morgan fingerprint density at radius 2 is 1.86 bits per heavy atom. The van der Waals surface area contributed by atoms with Gasteiger partial charge in [0.25, 0.3) is 0 Å². The standard InChI is InChI=1S/C15H13ClN4S/c1-20-14(11-6-8-17-9-7-11)18-19-15(20)21-10-12-4-2-3-5-13(12)16/h2-9H,10H2,1H3. The lowest BCUT2D eigenvalue weighted by atomic mass is 10.2. The molecular weight excluding hydrogens is 304 g/mol. The first-order chi connectivity index (χ1) is 10.3. The average molecular weight is 317 g/mol. The summed E-state index contributed by atoms with van der Waals surface area (Å²) >= 11 is 7.79. The monoisotopic (exact) mass is 316 g/mol. The predicted molar refractivity (Wildman–Crippen MR) is 85.2 cm³/mol. The summed E-state index contributed by atoms with van der Waals surface area (Å²) in [6, 6.07) is 11.7. The summed E-state index contributed by atoms with van der Waals surface area (Å²) < 4.78 is 1.98. The lowest BCUT2D eigenvalue weighted by molar-refractivity contribution is 0.793. The van der Waals surface area contributed by atoms with Crippen molar-refractivity contribution >= 4 is 23.4 Å². The zero-order valence-electron chi connectivity index (χ0n) is 11.4. The summed E-state index contributed by atoms with van der Waals surface area (Å²) in [5.41, 5.74) is 2.10.